The van der Waals surface area contributed by atoms with E-state index in [1.54, 1.807) is 13.8 Å². The second-order valence-electron chi connectivity index (χ2n) is 9.21. The summed E-state index contributed by atoms with van der Waals surface area (Å²) in [7, 11) is 0. The van der Waals surface area contributed by atoms with Crippen molar-refractivity contribution in [1.82, 2.24) is 10.6 Å². The summed E-state index contributed by atoms with van der Waals surface area (Å²) in [4.78, 5) is 36.8. The van der Waals surface area contributed by atoms with E-state index in [0.717, 1.165) is 22.3 Å². The Morgan fingerprint density at radius 1 is 1.09 bits per heavy atom. The predicted octanol–water partition coefficient (Wildman–Crippen LogP) is 2.91. The lowest BCUT2D eigenvalue weighted by atomic mass is 9.89. The SMILES string of the molecule is CC(C)(CNC(=O)OCC1c2ccccc2-c2ccccc21)C(=O)NC1(C(=O)O)CCOC1. The largest absolute Gasteiger partial charge is 0.479 e. The Kier molecular flexibility index (Phi) is 6.12. The monoisotopic (exact) mass is 452 g/mol. The summed E-state index contributed by atoms with van der Waals surface area (Å²) in [5.74, 6) is -1.67. The van der Waals surface area contributed by atoms with Gasteiger partial charge in [0.05, 0.1) is 12.0 Å². The fourth-order valence-corrected chi connectivity index (χ4v) is 4.30. The maximum atomic E-state index is 12.8. The molecule has 1 fully saturated rings. The highest BCUT2D eigenvalue weighted by Crippen LogP contribution is 2.44. The number of aliphatic carboxylic acids is 1. The predicted molar refractivity (Wildman–Crippen MR) is 121 cm³/mol. The van der Waals surface area contributed by atoms with Gasteiger partial charge in [0, 0.05) is 25.5 Å². The fourth-order valence-electron chi connectivity index (χ4n) is 4.30. The summed E-state index contributed by atoms with van der Waals surface area (Å²) in [5.41, 5.74) is 2.04. The summed E-state index contributed by atoms with van der Waals surface area (Å²) in [6, 6.07) is 16.1. The number of rotatable bonds is 7. The first-order valence-electron chi connectivity index (χ1n) is 11.0. The molecule has 1 aliphatic heterocycles. The number of fused-ring (bicyclic) bond motifs is 3. The summed E-state index contributed by atoms with van der Waals surface area (Å²) in [5, 5.41) is 14.8. The number of ether oxygens (including phenoxy) is 2. The van der Waals surface area contributed by atoms with E-state index in [-0.39, 0.29) is 38.7 Å². The van der Waals surface area contributed by atoms with Crippen LogP contribution in [0.1, 0.15) is 37.3 Å². The second-order valence-corrected chi connectivity index (χ2v) is 9.21. The highest BCUT2D eigenvalue weighted by Gasteiger charge is 2.46. The summed E-state index contributed by atoms with van der Waals surface area (Å²) >= 11 is 0. The Labute approximate surface area is 192 Å². The zero-order valence-corrected chi connectivity index (χ0v) is 18.7. The van der Waals surface area contributed by atoms with Crippen LogP contribution in [0.3, 0.4) is 0 Å². The van der Waals surface area contributed by atoms with E-state index in [1.165, 1.54) is 0 Å². The Bertz CT molecular complexity index is 1030. The number of hydrogen-bond acceptors (Lipinski definition) is 5. The normalized spacial score (nSPS) is 19.5. The Hall–Kier alpha value is -3.39. The van der Waals surface area contributed by atoms with Gasteiger partial charge in [0.25, 0.3) is 0 Å². The molecule has 0 bridgehead atoms. The highest BCUT2D eigenvalue weighted by molar-refractivity contribution is 5.90. The quantitative estimate of drug-likeness (QED) is 0.595. The van der Waals surface area contributed by atoms with Crippen molar-refractivity contribution < 1.29 is 29.0 Å². The number of carbonyl (C=O) groups is 3. The molecule has 1 unspecified atom stereocenters. The van der Waals surface area contributed by atoms with Gasteiger partial charge in [0.2, 0.25) is 5.91 Å². The molecule has 1 aliphatic carbocycles. The number of carboxylic acid groups (broad SMARTS) is 1. The lowest BCUT2D eigenvalue weighted by molar-refractivity contribution is -0.149. The first kappa shape index (κ1) is 22.8. The van der Waals surface area contributed by atoms with E-state index in [9.17, 15) is 19.5 Å². The lowest BCUT2D eigenvalue weighted by Crippen LogP contribution is -2.59. The van der Waals surface area contributed by atoms with Crippen LogP contribution in [0, 0.1) is 5.41 Å². The number of carboxylic acids is 1. The van der Waals surface area contributed by atoms with Crippen LogP contribution in [-0.4, -0.2) is 55.0 Å². The van der Waals surface area contributed by atoms with Crippen LogP contribution < -0.4 is 10.6 Å². The molecular weight excluding hydrogens is 424 g/mol. The molecule has 4 rings (SSSR count). The number of nitrogens with one attached hydrogen (secondary N) is 2. The van der Waals surface area contributed by atoms with Crippen molar-refractivity contribution in [2.24, 2.45) is 5.41 Å². The molecule has 8 heteroatoms. The minimum Gasteiger partial charge on any atom is -0.479 e. The number of amides is 2. The Morgan fingerprint density at radius 2 is 1.70 bits per heavy atom. The number of alkyl carbamates (subject to hydrolysis) is 1. The molecule has 0 aromatic heterocycles. The van der Waals surface area contributed by atoms with Crippen molar-refractivity contribution in [3.8, 4) is 11.1 Å². The third-order valence-electron chi connectivity index (χ3n) is 6.42. The van der Waals surface area contributed by atoms with Crippen LogP contribution in [0.4, 0.5) is 4.79 Å². The van der Waals surface area contributed by atoms with Crippen LogP contribution in [0.5, 0.6) is 0 Å². The third kappa shape index (κ3) is 4.43. The average molecular weight is 453 g/mol. The van der Waals surface area contributed by atoms with Crippen LogP contribution >= 0.6 is 0 Å². The van der Waals surface area contributed by atoms with Gasteiger partial charge in [0.15, 0.2) is 5.54 Å². The molecular formula is C25H28N2O6. The molecule has 0 saturated carbocycles. The molecule has 1 heterocycles. The van der Waals surface area contributed by atoms with Gasteiger partial charge < -0.3 is 25.2 Å². The summed E-state index contributed by atoms with van der Waals surface area (Å²) in [6.07, 6.45) is -0.431. The number of benzene rings is 2. The molecule has 1 saturated heterocycles. The standard InChI is InChI=1S/C25H28N2O6/c1-24(2,21(28)27-25(22(29)30)11-12-32-15-25)14-26-23(31)33-13-20-18-9-5-3-7-16(18)17-8-4-6-10-19(17)20/h3-10,20H,11-15H2,1-2H3,(H,26,31)(H,27,28)(H,29,30). The van der Waals surface area contributed by atoms with Crippen molar-refractivity contribution in [2.45, 2.75) is 31.7 Å². The lowest BCUT2D eigenvalue weighted by Gasteiger charge is -2.30. The first-order chi connectivity index (χ1) is 15.7. The molecule has 33 heavy (non-hydrogen) atoms. The van der Waals surface area contributed by atoms with E-state index < -0.39 is 28.9 Å². The van der Waals surface area contributed by atoms with E-state index in [0.29, 0.717) is 0 Å². The van der Waals surface area contributed by atoms with Crippen molar-refractivity contribution in [3.63, 3.8) is 0 Å². The minimum atomic E-state index is -1.43. The zero-order valence-electron chi connectivity index (χ0n) is 18.7. The van der Waals surface area contributed by atoms with E-state index in [1.807, 2.05) is 36.4 Å². The van der Waals surface area contributed by atoms with E-state index >= 15 is 0 Å². The van der Waals surface area contributed by atoms with Crippen LogP contribution in [0.25, 0.3) is 11.1 Å². The molecule has 2 amide bonds. The number of carbonyl (C=O) groups excluding carboxylic acids is 2. The molecule has 2 aromatic rings. The van der Waals surface area contributed by atoms with Gasteiger partial charge in [-0.25, -0.2) is 9.59 Å². The van der Waals surface area contributed by atoms with Gasteiger partial charge >= 0.3 is 12.1 Å². The second kappa shape index (κ2) is 8.86. The molecule has 2 aromatic carbocycles. The van der Waals surface area contributed by atoms with Gasteiger partial charge in [-0.05, 0) is 36.1 Å². The minimum absolute atomic E-state index is 0.00787. The maximum absolute atomic E-state index is 12.8. The van der Waals surface area contributed by atoms with Gasteiger partial charge in [-0.3, -0.25) is 4.79 Å². The van der Waals surface area contributed by atoms with Gasteiger partial charge in [-0.15, -0.1) is 0 Å². The molecule has 1 atom stereocenters. The smallest absolute Gasteiger partial charge is 0.407 e. The average Bonchev–Trinajstić information content (AvgIpc) is 3.40. The van der Waals surface area contributed by atoms with Crippen LogP contribution in [0.15, 0.2) is 48.5 Å². The highest BCUT2D eigenvalue weighted by atomic mass is 16.5. The summed E-state index contributed by atoms with van der Waals surface area (Å²) < 4.78 is 10.7. The number of hydrogen-bond donors (Lipinski definition) is 3. The summed E-state index contributed by atoms with van der Waals surface area (Å²) in [6.45, 7) is 3.63. The van der Waals surface area contributed by atoms with Crippen molar-refractivity contribution in [3.05, 3.63) is 59.7 Å². The van der Waals surface area contributed by atoms with Gasteiger partial charge in [0.1, 0.15) is 6.61 Å². The van der Waals surface area contributed by atoms with Crippen LogP contribution in [-0.2, 0) is 19.1 Å². The van der Waals surface area contributed by atoms with Gasteiger partial charge in [-0.1, -0.05) is 48.5 Å². The third-order valence-corrected chi connectivity index (χ3v) is 6.42. The zero-order chi connectivity index (χ0) is 23.6. The van der Waals surface area contributed by atoms with Crippen molar-refractivity contribution in [2.75, 3.05) is 26.4 Å². The first-order valence-corrected chi connectivity index (χ1v) is 11.0. The molecule has 0 radical (unpaired) electrons. The molecule has 174 valence electrons. The Morgan fingerprint density at radius 3 is 2.24 bits per heavy atom. The van der Waals surface area contributed by atoms with Crippen LogP contribution in [0.2, 0.25) is 0 Å². The van der Waals surface area contributed by atoms with E-state index in [4.69, 9.17) is 9.47 Å². The maximum Gasteiger partial charge on any atom is 0.407 e. The molecule has 3 N–H and O–H groups in total. The van der Waals surface area contributed by atoms with Gasteiger partial charge in [-0.2, -0.15) is 0 Å². The van der Waals surface area contributed by atoms with Crippen molar-refractivity contribution in [1.29, 1.82) is 0 Å². The Balaban J connectivity index is 1.34. The topological polar surface area (TPSA) is 114 Å². The fraction of sp³-hybridized carbons (Fsp3) is 0.400. The molecule has 2 aliphatic rings. The van der Waals surface area contributed by atoms with Crippen molar-refractivity contribution >= 4 is 18.0 Å². The van der Waals surface area contributed by atoms with E-state index in [2.05, 4.69) is 22.8 Å². The molecule has 8 nitrogen and oxygen atoms in total. The molecule has 0 spiro atoms.